The summed E-state index contributed by atoms with van der Waals surface area (Å²) in [6.45, 7) is 8.10. The Hall–Kier alpha value is -0.980. The molecule has 1 saturated heterocycles. The van der Waals surface area contributed by atoms with Crippen molar-refractivity contribution in [2.24, 2.45) is 4.99 Å². The zero-order valence-corrected chi connectivity index (χ0v) is 16.0. The van der Waals surface area contributed by atoms with Gasteiger partial charge < -0.3 is 15.0 Å². The van der Waals surface area contributed by atoms with Gasteiger partial charge in [-0.3, -0.25) is 4.99 Å². The van der Waals surface area contributed by atoms with Crippen molar-refractivity contribution in [3.8, 4) is 5.75 Å². The first-order valence-electron chi connectivity index (χ1n) is 8.08. The predicted octanol–water partition coefficient (Wildman–Crippen LogP) is 3.52. The highest BCUT2D eigenvalue weighted by Gasteiger charge is 2.22. The van der Waals surface area contributed by atoms with Crippen LogP contribution in [0.15, 0.2) is 35.3 Å². The topological polar surface area (TPSA) is 36.9 Å². The molecule has 1 heterocycles. The Morgan fingerprint density at radius 2 is 1.91 bits per heavy atom. The fraction of sp³-hybridized carbons (Fsp3) is 0.588. The highest BCUT2D eigenvalue weighted by atomic mass is 127. The van der Waals surface area contributed by atoms with E-state index in [0.717, 1.165) is 57.2 Å². The first kappa shape index (κ1) is 19.1. The molecule has 1 aromatic carbocycles. The number of nitrogens with one attached hydrogen (secondary N) is 1. The molecule has 22 heavy (non-hydrogen) atoms. The number of halogens is 1. The van der Waals surface area contributed by atoms with Crippen LogP contribution in [0.5, 0.6) is 5.75 Å². The molecule has 1 N–H and O–H groups in total. The minimum Gasteiger partial charge on any atom is -0.490 e. The lowest BCUT2D eigenvalue weighted by Gasteiger charge is -2.34. The molecule has 0 aliphatic carbocycles. The maximum absolute atomic E-state index is 6.04. The average Bonchev–Trinajstić information content (AvgIpc) is 2.53. The SMILES string of the molecule is CCCN=C(NCC)N1CCC(Oc2ccccc2)CC1.I. The van der Waals surface area contributed by atoms with Crippen molar-refractivity contribution in [3.63, 3.8) is 0 Å². The van der Waals surface area contributed by atoms with Gasteiger partial charge in [0.15, 0.2) is 5.96 Å². The number of aliphatic imine (C=N–C) groups is 1. The molecule has 0 aromatic heterocycles. The van der Waals surface area contributed by atoms with Crippen LogP contribution in [0.1, 0.15) is 33.1 Å². The summed E-state index contributed by atoms with van der Waals surface area (Å²) in [4.78, 5) is 7.01. The van der Waals surface area contributed by atoms with Crippen LogP contribution in [-0.2, 0) is 0 Å². The number of nitrogens with zero attached hydrogens (tertiary/aromatic N) is 2. The van der Waals surface area contributed by atoms with Gasteiger partial charge in [-0.25, -0.2) is 0 Å². The van der Waals surface area contributed by atoms with E-state index >= 15 is 0 Å². The second kappa shape index (κ2) is 10.7. The first-order valence-corrected chi connectivity index (χ1v) is 8.08. The molecule has 0 spiro atoms. The smallest absolute Gasteiger partial charge is 0.193 e. The van der Waals surface area contributed by atoms with Gasteiger partial charge >= 0.3 is 0 Å². The quantitative estimate of drug-likeness (QED) is 0.453. The monoisotopic (exact) mass is 417 g/mol. The van der Waals surface area contributed by atoms with Gasteiger partial charge in [-0.2, -0.15) is 0 Å². The molecule has 2 rings (SSSR count). The molecule has 0 saturated carbocycles. The summed E-state index contributed by atoms with van der Waals surface area (Å²) < 4.78 is 6.04. The number of guanidine groups is 1. The van der Waals surface area contributed by atoms with E-state index in [4.69, 9.17) is 4.74 Å². The zero-order chi connectivity index (χ0) is 14.9. The third-order valence-electron chi connectivity index (χ3n) is 3.61. The van der Waals surface area contributed by atoms with Gasteiger partial charge in [0.1, 0.15) is 11.9 Å². The van der Waals surface area contributed by atoms with E-state index < -0.39 is 0 Å². The van der Waals surface area contributed by atoms with Gasteiger partial charge in [-0.05, 0) is 25.5 Å². The molecule has 1 aromatic rings. The Labute approximate surface area is 151 Å². The standard InChI is InChI=1S/C17H27N3O.HI/c1-3-12-19-17(18-4-2)20-13-10-16(11-14-20)21-15-8-6-5-7-9-15;/h5-9,16H,3-4,10-14H2,1-2H3,(H,18,19);1H. The second-order valence-electron chi connectivity index (χ2n) is 5.35. The summed E-state index contributed by atoms with van der Waals surface area (Å²) >= 11 is 0. The minimum atomic E-state index is 0. The van der Waals surface area contributed by atoms with Crippen molar-refractivity contribution in [1.82, 2.24) is 10.2 Å². The Morgan fingerprint density at radius 3 is 2.50 bits per heavy atom. The van der Waals surface area contributed by atoms with Crippen molar-refractivity contribution in [2.45, 2.75) is 39.2 Å². The number of likely N-dealkylation sites (tertiary alicyclic amines) is 1. The van der Waals surface area contributed by atoms with Gasteiger partial charge in [0, 0.05) is 39.0 Å². The van der Waals surface area contributed by atoms with Crippen molar-refractivity contribution in [2.75, 3.05) is 26.2 Å². The summed E-state index contributed by atoms with van der Waals surface area (Å²) in [6.07, 6.45) is 3.50. The maximum Gasteiger partial charge on any atom is 0.193 e. The largest absolute Gasteiger partial charge is 0.490 e. The van der Waals surface area contributed by atoms with Crippen molar-refractivity contribution in [1.29, 1.82) is 0 Å². The molecule has 0 amide bonds. The van der Waals surface area contributed by atoms with Gasteiger partial charge in [0.25, 0.3) is 0 Å². The lowest BCUT2D eigenvalue weighted by molar-refractivity contribution is 0.129. The van der Waals surface area contributed by atoms with E-state index in [1.807, 2.05) is 30.3 Å². The van der Waals surface area contributed by atoms with Gasteiger partial charge in [0.2, 0.25) is 0 Å². The van der Waals surface area contributed by atoms with E-state index in [2.05, 4.69) is 29.1 Å². The molecule has 124 valence electrons. The number of rotatable bonds is 5. The second-order valence-corrected chi connectivity index (χ2v) is 5.35. The summed E-state index contributed by atoms with van der Waals surface area (Å²) in [5.74, 6) is 2.03. The molecule has 0 atom stereocenters. The summed E-state index contributed by atoms with van der Waals surface area (Å²) in [7, 11) is 0. The van der Waals surface area contributed by atoms with E-state index in [9.17, 15) is 0 Å². The third-order valence-corrected chi connectivity index (χ3v) is 3.61. The maximum atomic E-state index is 6.04. The molecule has 5 heteroatoms. The van der Waals surface area contributed by atoms with Crippen LogP contribution in [0.4, 0.5) is 0 Å². The Morgan fingerprint density at radius 1 is 1.23 bits per heavy atom. The van der Waals surface area contributed by atoms with Crippen LogP contribution in [0.25, 0.3) is 0 Å². The van der Waals surface area contributed by atoms with Gasteiger partial charge in [0.05, 0.1) is 0 Å². The molecule has 0 radical (unpaired) electrons. The lowest BCUT2D eigenvalue weighted by atomic mass is 10.1. The number of piperidine rings is 1. The van der Waals surface area contributed by atoms with Crippen LogP contribution in [-0.4, -0.2) is 43.1 Å². The van der Waals surface area contributed by atoms with Crippen LogP contribution >= 0.6 is 24.0 Å². The van der Waals surface area contributed by atoms with Gasteiger partial charge in [-0.15, -0.1) is 24.0 Å². The van der Waals surface area contributed by atoms with Gasteiger partial charge in [-0.1, -0.05) is 25.1 Å². The molecule has 1 fully saturated rings. The van der Waals surface area contributed by atoms with E-state index in [0.29, 0.717) is 6.10 Å². The van der Waals surface area contributed by atoms with Crippen LogP contribution < -0.4 is 10.1 Å². The Kier molecular flexibility index (Phi) is 9.27. The lowest BCUT2D eigenvalue weighted by Crippen LogP contribution is -2.47. The first-order chi connectivity index (χ1) is 10.3. The molecule has 1 aliphatic heterocycles. The Bertz CT molecular complexity index is 431. The average molecular weight is 417 g/mol. The van der Waals surface area contributed by atoms with Crippen LogP contribution in [0, 0.1) is 0 Å². The van der Waals surface area contributed by atoms with E-state index in [1.165, 1.54) is 0 Å². The number of hydrogen-bond donors (Lipinski definition) is 1. The van der Waals surface area contributed by atoms with Crippen LogP contribution in [0.3, 0.4) is 0 Å². The van der Waals surface area contributed by atoms with Crippen molar-refractivity contribution in [3.05, 3.63) is 30.3 Å². The normalized spacial score (nSPS) is 16.1. The van der Waals surface area contributed by atoms with Crippen LogP contribution in [0.2, 0.25) is 0 Å². The zero-order valence-electron chi connectivity index (χ0n) is 13.6. The summed E-state index contributed by atoms with van der Waals surface area (Å²) in [5.41, 5.74) is 0. The molecule has 0 bridgehead atoms. The number of hydrogen-bond acceptors (Lipinski definition) is 2. The van der Waals surface area contributed by atoms with E-state index in [1.54, 1.807) is 0 Å². The number of ether oxygens (including phenoxy) is 1. The minimum absolute atomic E-state index is 0. The summed E-state index contributed by atoms with van der Waals surface area (Å²) in [6, 6.07) is 10.1. The predicted molar refractivity (Wildman–Crippen MR) is 103 cm³/mol. The molecular weight excluding hydrogens is 389 g/mol. The molecular formula is C17H28IN3O. The highest BCUT2D eigenvalue weighted by molar-refractivity contribution is 14.0. The van der Waals surface area contributed by atoms with Crippen molar-refractivity contribution < 1.29 is 4.74 Å². The third kappa shape index (κ3) is 6.02. The fourth-order valence-corrected chi connectivity index (χ4v) is 2.52. The number of para-hydroxylation sites is 1. The summed E-state index contributed by atoms with van der Waals surface area (Å²) in [5, 5.41) is 3.39. The fourth-order valence-electron chi connectivity index (χ4n) is 2.52. The number of benzene rings is 1. The van der Waals surface area contributed by atoms with E-state index in [-0.39, 0.29) is 24.0 Å². The molecule has 1 aliphatic rings. The highest BCUT2D eigenvalue weighted by Crippen LogP contribution is 2.18. The molecule has 4 nitrogen and oxygen atoms in total. The Balaban J connectivity index is 0.00000242. The van der Waals surface area contributed by atoms with Crippen molar-refractivity contribution >= 4 is 29.9 Å². The molecule has 0 unspecified atom stereocenters.